The molecular formula is C24H27N7O5. The topological polar surface area (TPSA) is 147 Å². The Labute approximate surface area is 206 Å². The number of ether oxygens (including phenoxy) is 1. The second-order valence-electron chi connectivity index (χ2n) is 9.69. The first-order valence-corrected chi connectivity index (χ1v) is 11.5. The fourth-order valence-electron chi connectivity index (χ4n) is 3.86. The van der Waals surface area contributed by atoms with Crippen molar-refractivity contribution in [3.05, 3.63) is 42.4 Å². The van der Waals surface area contributed by atoms with E-state index in [9.17, 15) is 14.7 Å². The molecule has 0 saturated heterocycles. The first kappa shape index (κ1) is 23.5. The average Bonchev–Trinajstić information content (AvgIpc) is 3.47. The predicted octanol–water partition coefficient (Wildman–Crippen LogP) is 3.24. The Balaban J connectivity index is 1.57. The summed E-state index contributed by atoms with van der Waals surface area (Å²) < 4.78 is 12.3. The minimum absolute atomic E-state index is 0.205. The van der Waals surface area contributed by atoms with Crippen molar-refractivity contribution in [2.24, 2.45) is 0 Å². The van der Waals surface area contributed by atoms with Crippen LogP contribution in [0.25, 0.3) is 16.7 Å². The molecule has 0 aliphatic heterocycles. The molecule has 5 rings (SSSR count). The molecule has 0 radical (unpaired) electrons. The van der Waals surface area contributed by atoms with Gasteiger partial charge in [-0.2, -0.15) is 9.61 Å². The number of hydrogen-bond acceptors (Lipinski definition) is 9. The number of oxazole rings is 1. The highest BCUT2D eigenvalue weighted by molar-refractivity contribution is 6.01. The number of aromatic nitrogens is 4. The van der Waals surface area contributed by atoms with Gasteiger partial charge >= 0.3 is 6.09 Å². The van der Waals surface area contributed by atoms with E-state index in [1.807, 2.05) is 12.1 Å². The lowest BCUT2D eigenvalue weighted by Crippen LogP contribution is -2.50. The lowest BCUT2D eigenvalue weighted by molar-refractivity contribution is 0.0448. The molecule has 3 aromatic heterocycles. The SMILES string of the molecule is CN(C(=O)OC(C)(C)C)c1cc(Nc2cccc3ocnc23)nc2c(C(=O)NC3CCC3O)cnn12. The van der Waals surface area contributed by atoms with Crippen LogP contribution < -0.4 is 15.5 Å². The van der Waals surface area contributed by atoms with E-state index >= 15 is 0 Å². The number of hydrogen-bond donors (Lipinski definition) is 3. The van der Waals surface area contributed by atoms with Gasteiger partial charge in [0.1, 0.15) is 28.3 Å². The van der Waals surface area contributed by atoms with Gasteiger partial charge in [0.05, 0.1) is 24.0 Å². The zero-order valence-electron chi connectivity index (χ0n) is 20.3. The van der Waals surface area contributed by atoms with Crippen molar-refractivity contribution in [1.82, 2.24) is 24.9 Å². The summed E-state index contributed by atoms with van der Waals surface area (Å²) in [6, 6.07) is 6.72. The fourth-order valence-corrected chi connectivity index (χ4v) is 3.86. The van der Waals surface area contributed by atoms with Gasteiger partial charge in [-0.3, -0.25) is 9.69 Å². The molecule has 36 heavy (non-hydrogen) atoms. The summed E-state index contributed by atoms with van der Waals surface area (Å²) in [6.45, 7) is 5.33. The third-order valence-corrected chi connectivity index (χ3v) is 5.89. The van der Waals surface area contributed by atoms with Crippen LogP contribution in [0.1, 0.15) is 44.0 Å². The average molecular weight is 494 g/mol. The number of nitrogens with zero attached hydrogens (tertiary/aromatic N) is 5. The Hall–Kier alpha value is -4.19. The highest BCUT2D eigenvalue weighted by Crippen LogP contribution is 2.29. The number of rotatable bonds is 5. The second-order valence-corrected chi connectivity index (χ2v) is 9.69. The Morgan fingerprint density at radius 3 is 2.78 bits per heavy atom. The van der Waals surface area contributed by atoms with Gasteiger partial charge in [-0.15, -0.1) is 0 Å². The summed E-state index contributed by atoms with van der Waals surface area (Å²) >= 11 is 0. The summed E-state index contributed by atoms with van der Waals surface area (Å²) in [4.78, 5) is 36.1. The maximum absolute atomic E-state index is 13.0. The van der Waals surface area contributed by atoms with E-state index in [0.717, 1.165) is 0 Å². The minimum atomic E-state index is -0.708. The number of aliphatic hydroxyl groups is 1. The molecular weight excluding hydrogens is 466 g/mol. The van der Waals surface area contributed by atoms with Gasteiger partial charge in [0.2, 0.25) is 0 Å². The molecule has 12 heteroatoms. The first-order valence-electron chi connectivity index (χ1n) is 11.5. The molecule has 3 N–H and O–H groups in total. The molecule has 3 heterocycles. The van der Waals surface area contributed by atoms with Crippen molar-refractivity contribution in [3.8, 4) is 0 Å². The summed E-state index contributed by atoms with van der Waals surface area (Å²) in [5, 5.41) is 20.2. The van der Waals surface area contributed by atoms with Crippen molar-refractivity contribution in [2.75, 3.05) is 17.3 Å². The first-order chi connectivity index (χ1) is 17.1. The lowest BCUT2D eigenvalue weighted by atomic mass is 9.89. The van der Waals surface area contributed by atoms with E-state index in [4.69, 9.17) is 9.15 Å². The van der Waals surface area contributed by atoms with Crippen LogP contribution in [0.15, 0.2) is 41.3 Å². The molecule has 2 unspecified atom stereocenters. The molecule has 12 nitrogen and oxygen atoms in total. The Morgan fingerprint density at radius 1 is 1.28 bits per heavy atom. The van der Waals surface area contributed by atoms with Gasteiger partial charge < -0.3 is 24.9 Å². The Bertz CT molecular complexity index is 1450. The van der Waals surface area contributed by atoms with Crippen LogP contribution in [0.4, 0.5) is 22.1 Å². The summed E-state index contributed by atoms with van der Waals surface area (Å²) in [5.74, 6) is 0.260. The van der Waals surface area contributed by atoms with Gasteiger partial charge in [-0.1, -0.05) is 6.07 Å². The number of nitrogens with one attached hydrogen (secondary N) is 2. The van der Waals surface area contributed by atoms with E-state index in [0.29, 0.717) is 41.3 Å². The van der Waals surface area contributed by atoms with Crippen LogP contribution in [-0.4, -0.2) is 61.5 Å². The molecule has 2 atom stereocenters. The molecule has 188 valence electrons. The van der Waals surface area contributed by atoms with Crippen molar-refractivity contribution in [3.63, 3.8) is 0 Å². The molecule has 1 aliphatic carbocycles. The smallest absolute Gasteiger partial charge is 0.415 e. The highest BCUT2D eigenvalue weighted by Gasteiger charge is 2.32. The molecule has 1 aromatic carbocycles. The molecule has 2 amide bonds. The number of para-hydroxylation sites is 1. The van der Waals surface area contributed by atoms with Crippen LogP contribution in [0, 0.1) is 0 Å². The Kier molecular flexibility index (Phi) is 5.75. The maximum Gasteiger partial charge on any atom is 0.415 e. The van der Waals surface area contributed by atoms with Gasteiger partial charge in [-0.25, -0.2) is 14.8 Å². The third-order valence-electron chi connectivity index (χ3n) is 5.89. The van der Waals surface area contributed by atoms with E-state index < -0.39 is 23.7 Å². The van der Waals surface area contributed by atoms with Crippen LogP contribution in [0.5, 0.6) is 0 Å². The maximum atomic E-state index is 13.0. The number of aliphatic hydroxyl groups excluding tert-OH is 1. The molecule has 0 spiro atoms. The zero-order chi connectivity index (χ0) is 25.6. The van der Waals surface area contributed by atoms with Crippen LogP contribution in [0.2, 0.25) is 0 Å². The molecule has 1 aliphatic rings. The third kappa shape index (κ3) is 4.42. The quantitative estimate of drug-likeness (QED) is 0.381. The largest absolute Gasteiger partial charge is 0.443 e. The van der Waals surface area contributed by atoms with Gasteiger partial charge in [0.25, 0.3) is 5.91 Å². The van der Waals surface area contributed by atoms with E-state index in [-0.39, 0.29) is 17.3 Å². The highest BCUT2D eigenvalue weighted by atomic mass is 16.6. The molecule has 1 saturated carbocycles. The zero-order valence-corrected chi connectivity index (χ0v) is 20.3. The molecule has 0 bridgehead atoms. The summed E-state index contributed by atoms with van der Waals surface area (Å²) in [7, 11) is 1.55. The lowest BCUT2D eigenvalue weighted by Gasteiger charge is -2.32. The van der Waals surface area contributed by atoms with E-state index in [1.165, 1.54) is 22.0 Å². The molecule has 4 aromatic rings. The van der Waals surface area contributed by atoms with Gasteiger partial charge in [0, 0.05) is 13.1 Å². The second kappa shape index (κ2) is 8.79. The number of anilines is 3. The van der Waals surface area contributed by atoms with E-state index in [2.05, 4.69) is 25.7 Å². The number of benzene rings is 1. The number of carbonyl (C=O) groups is 2. The molecule has 1 fully saturated rings. The number of amides is 2. The number of carbonyl (C=O) groups excluding carboxylic acids is 2. The predicted molar refractivity (Wildman–Crippen MR) is 131 cm³/mol. The van der Waals surface area contributed by atoms with Gasteiger partial charge in [0.15, 0.2) is 17.6 Å². The minimum Gasteiger partial charge on any atom is -0.443 e. The van der Waals surface area contributed by atoms with Gasteiger partial charge in [-0.05, 0) is 45.7 Å². The monoisotopic (exact) mass is 493 g/mol. The Morgan fingerprint density at radius 2 is 2.08 bits per heavy atom. The van der Waals surface area contributed by atoms with E-state index in [1.54, 1.807) is 40.0 Å². The summed E-state index contributed by atoms with van der Waals surface area (Å²) in [5.41, 5.74) is 1.55. The summed E-state index contributed by atoms with van der Waals surface area (Å²) in [6.07, 6.45) is 2.90. The normalized spacial score (nSPS) is 17.6. The van der Waals surface area contributed by atoms with Crippen LogP contribution >= 0.6 is 0 Å². The van der Waals surface area contributed by atoms with Crippen LogP contribution in [-0.2, 0) is 4.74 Å². The van der Waals surface area contributed by atoms with Crippen molar-refractivity contribution < 1.29 is 23.8 Å². The number of fused-ring (bicyclic) bond motifs is 2. The van der Waals surface area contributed by atoms with Crippen molar-refractivity contribution in [2.45, 2.75) is 51.4 Å². The van der Waals surface area contributed by atoms with Crippen molar-refractivity contribution in [1.29, 1.82) is 0 Å². The fraction of sp³-hybridized carbons (Fsp3) is 0.375. The van der Waals surface area contributed by atoms with Crippen molar-refractivity contribution >= 4 is 46.1 Å². The standard InChI is InChI=1S/C24H27N7O5/c1-24(2,3)36-23(34)30(4)19-10-18(27-15-6-5-7-17-20(15)25-12-35-17)29-21-13(11-26-31(19)21)22(33)28-14-8-9-16(14)32/h5-7,10-12,14,16,32H,8-9H2,1-4H3,(H,27,29)(H,28,33). The van der Waals surface area contributed by atoms with Crippen LogP contribution in [0.3, 0.4) is 0 Å².